The maximum atomic E-state index is 12.4. The molecule has 122 valence electrons. The first-order chi connectivity index (χ1) is 11.7. The van der Waals surface area contributed by atoms with E-state index in [-0.39, 0.29) is 5.63 Å². The third kappa shape index (κ3) is 2.76. The second-order valence-corrected chi connectivity index (χ2v) is 6.92. The van der Waals surface area contributed by atoms with Crippen molar-refractivity contribution in [3.63, 3.8) is 0 Å². The van der Waals surface area contributed by atoms with E-state index >= 15 is 0 Å². The Bertz CT molecular complexity index is 967. The van der Waals surface area contributed by atoms with Crippen LogP contribution in [0.5, 0.6) is 5.75 Å². The van der Waals surface area contributed by atoms with Gasteiger partial charge in [0, 0.05) is 11.0 Å². The lowest BCUT2D eigenvalue weighted by atomic mass is 9.97. The molecule has 0 saturated heterocycles. The maximum absolute atomic E-state index is 12.4. The van der Waals surface area contributed by atoms with Crippen LogP contribution in [-0.2, 0) is 12.8 Å². The van der Waals surface area contributed by atoms with Gasteiger partial charge >= 0.3 is 5.63 Å². The third-order valence-corrected chi connectivity index (χ3v) is 5.49. The quantitative estimate of drug-likeness (QED) is 0.713. The Morgan fingerprint density at radius 3 is 2.75 bits per heavy atom. The number of rotatable bonds is 3. The fourth-order valence-electron chi connectivity index (χ4n) is 3.06. The highest BCUT2D eigenvalue weighted by Gasteiger charge is 2.20. The number of ether oxygens (including phenoxy) is 1. The molecular weight excluding hydrogens is 322 g/mol. The lowest BCUT2D eigenvalue weighted by molar-refractivity contribution is 0.415. The van der Waals surface area contributed by atoms with Crippen molar-refractivity contribution < 1.29 is 9.15 Å². The number of benzene rings is 1. The van der Waals surface area contributed by atoms with Crippen LogP contribution in [0.15, 0.2) is 33.5 Å². The molecule has 0 aliphatic heterocycles. The van der Waals surface area contributed by atoms with Crippen molar-refractivity contribution in [1.29, 1.82) is 0 Å². The van der Waals surface area contributed by atoms with E-state index in [2.05, 4.69) is 4.98 Å². The van der Waals surface area contributed by atoms with E-state index in [0.29, 0.717) is 11.3 Å². The SMILES string of the molecule is COc1ccc(/C=C/c2nc3sc4c(c3c(=O)o2)CCCC4)cc1. The highest BCUT2D eigenvalue weighted by atomic mass is 32.1. The van der Waals surface area contributed by atoms with Gasteiger partial charge in [-0.25, -0.2) is 9.78 Å². The Hall–Kier alpha value is -2.40. The van der Waals surface area contributed by atoms with Gasteiger partial charge in [0.25, 0.3) is 0 Å². The van der Waals surface area contributed by atoms with E-state index in [4.69, 9.17) is 9.15 Å². The minimum absolute atomic E-state index is 0.270. The summed E-state index contributed by atoms with van der Waals surface area (Å²) in [6, 6.07) is 7.66. The van der Waals surface area contributed by atoms with Crippen LogP contribution in [0, 0.1) is 0 Å². The topological polar surface area (TPSA) is 52.3 Å². The molecule has 4 nitrogen and oxygen atoms in total. The highest BCUT2D eigenvalue weighted by Crippen LogP contribution is 2.33. The minimum Gasteiger partial charge on any atom is -0.497 e. The van der Waals surface area contributed by atoms with Crippen LogP contribution in [0.1, 0.15) is 34.7 Å². The summed E-state index contributed by atoms with van der Waals surface area (Å²) in [6.45, 7) is 0. The Morgan fingerprint density at radius 1 is 1.17 bits per heavy atom. The largest absolute Gasteiger partial charge is 0.497 e. The molecule has 4 rings (SSSR count). The molecule has 0 unspecified atom stereocenters. The normalized spacial score (nSPS) is 14.2. The molecule has 0 N–H and O–H groups in total. The van der Waals surface area contributed by atoms with Crippen LogP contribution >= 0.6 is 11.3 Å². The number of nitrogens with zero attached hydrogens (tertiary/aromatic N) is 1. The lowest BCUT2D eigenvalue weighted by Gasteiger charge is -2.09. The number of thiophene rings is 1. The molecular formula is C19H17NO3S. The number of aryl methyl sites for hydroxylation is 2. The van der Waals surface area contributed by atoms with Gasteiger partial charge in [-0.1, -0.05) is 12.1 Å². The summed E-state index contributed by atoms with van der Waals surface area (Å²) in [6.07, 6.45) is 7.95. The predicted molar refractivity (Wildman–Crippen MR) is 96.7 cm³/mol. The Kier molecular flexibility index (Phi) is 3.94. The van der Waals surface area contributed by atoms with Crippen molar-refractivity contribution in [1.82, 2.24) is 4.98 Å². The van der Waals surface area contributed by atoms with Gasteiger partial charge in [-0.05, 0) is 55.0 Å². The maximum Gasteiger partial charge on any atom is 0.348 e. The fourth-order valence-corrected chi connectivity index (χ4v) is 4.31. The molecule has 0 radical (unpaired) electrons. The summed E-state index contributed by atoms with van der Waals surface area (Å²) >= 11 is 1.63. The average molecular weight is 339 g/mol. The Morgan fingerprint density at radius 2 is 1.96 bits per heavy atom. The summed E-state index contributed by atoms with van der Waals surface area (Å²) < 4.78 is 10.6. The van der Waals surface area contributed by atoms with E-state index in [1.807, 2.05) is 30.3 Å². The molecule has 0 amide bonds. The van der Waals surface area contributed by atoms with Crippen molar-refractivity contribution in [2.45, 2.75) is 25.7 Å². The summed E-state index contributed by atoms with van der Waals surface area (Å²) in [5.74, 6) is 1.16. The zero-order valence-electron chi connectivity index (χ0n) is 13.4. The minimum atomic E-state index is -0.270. The van der Waals surface area contributed by atoms with Crippen molar-refractivity contribution in [3.8, 4) is 5.75 Å². The standard InChI is InChI=1S/C19H17NO3S/c1-22-13-9-6-12(7-10-13)8-11-16-20-18-17(19(21)23-16)14-4-2-3-5-15(14)24-18/h6-11H,2-5H2,1H3/b11-8+. The Labute approximate surface area is 143 Å². The van der Waals surface area contributed by atoms with Gasteiger partial charge in [0.1, 0.15) is 16.0 Å². The second kappa shape index (κ2) is 6.24. The van der Waals surface area contributed by atoms with Gasteiger partial charge in [0.05, 0.1) is 7.11 Å². The molecule has 2 heterocycles. The third-order valence-electron chi connectivity index (χ3n) is 4.30. The van der Waals surface area contributed by atoms with E-state index in [1.54, 1.807) is 24.5 Å². The zero-order valence-corrected chi connectivity index (χ0v) is 14.2. The van der Waals surface area contributed by atoms with Gasteiger partial charge in [-0.3, -0.25) is 0 Å². The molecule has 0 atom stereocenters. The van der Waals surface area contributed by atoms with E-state index in [0.717, 1.165) is 41.0 Å². The first-order valence-corrected chi connectivity index (χ1v) is 8.84. The van der Waals surface area contributed by atoms with Crippen LogP contribution < -0.4 is 10.4 Å². The van der Waals surface area contributed by atoms with Crippen molar-refractivity contribution in [2.24, 2.45) is 0 Å². The summed E-state index contributed by atoms with van der Waals surface area (Å²) in [5.41, 5.74) is 1.88. The average Bonchev–Trinajstić information content (AvgIpc) is 2.99. The van der Waals surface area contributed by atoms with Crippen LogP contribution in [0.25, 0.3) is 22.4 Å². The summed E-state index contributed by atoms with van der Waals surface area (Å²) in [5, 5.41) is 0.691. The lowest BCUT2D eigenvalue weighted by Crippen LogP contribution is -2.06. The number of aromatic nitrogens is 1. The van der Waals surface area contributed by atoms with E-state index in [1.165, 1.54) is 11.3 Å². The van der Waals surface area contributed by atoms with Gasteiger partial charge in [-0.2, -0.15) is 0 Å². The molecule has 1 aromatic carbocycles. The number of hydrogen-bond donors (Lipinski definition) is 0. The molecule has 0 saturated carbocycles. The van der Waals surface area contributed by atoms with Crippen LogP contribution in [0.2, 0.25) is 0 Å². The molecule has 24 heavy (non-hydrogen) atoms. The molecule has 1 aliphatic rings. The molecule has 2 aromatic heterocycles. The molecule has 3 aromatic rings. The molecule has 1 aliphatic carbocycles. The van der Waals surface area contributed by atoms with E-state index < -0.39 is 0 Å². The van der Waals surface area contributed by atoms with Crippen molar-refractivity contribution in [2.75, 3.05) is 7.11 Å². The number of fused-ring (bicyclic) bond motifs is 3. The number of methoxy groups -OCH3 is 1. The van der Waals surface area contributed by atoms with Gasteiger partial charge in [0.15, 0.2) is 0 Å². The van der Waals surface area contributed by atoms with E-state index in [9.17, 15) is 4.79 Å². The van der Waals surface area contributed by atoms with Crippen LogP contribution in [-0.4, -0.2) is 12.1 Å². The molecule has 0 spiro atoms. The summed E-state index contributed by atoms with van der Waals surface area (Å²) in [7, 11) is 1.64. The fraction of sp³-hybridized carbons (Fsp3) is 0.263. The van der Waals surface area contributed by atoms with Gasteiger partial charge in [-0.15, -0.1) is 11.3 Å². The molecule has 0 bridgehead atoms. The predicted octanol–water partition coefficient (Wildman–Crippen LogP) is 4.31. The molecule has 0 fully saturated rings. The van der Waals surface area contributed by atoms with Crippen molar-refractivity contribution in [3.05, 3.63) is 56.6 Å². The number of hydrogen-bond acceptors (Lipinski definition) is 5. The van der Waals surface area contributed by atoms with Gasteiger partial charge < -0.3 is 9.15 Å². The first-order valence-electron chi connectivity index (χ1n) is 8.02. The molecule has 5 heteroatoms. The monoisotopic (exact) mass is 339 g/mol. The van der Waals surface area contributed by atoms with Crippen molar-refractivity contribution >= 4 is 33.7 Å². The Balaban J connectivity index is 1.69. The smallest absolute Gasteiger partial charge is 0.348 e. The second-order valence-electron chi connectivity index (χ2n) is 5.84. The zero-order chi connectivity index (χ0) is 16.5. The van der Waals surface area contributed by atoms with Gasteiger partial charge in [0.2, 0.25) is 5.89 Å². The van der Waals surface area contributed by atoms with Crippen LogP contribution in [0.4, 0.5) is 0 Å². The van der Waals surface area contributed by atoms with Crippen LogP contribution in [0.3, 0.4) is 0 Å². The highest BCUT2D eigenvalue weighted by molar-refractivity contribution is 7.18. The first kappa shape index (κ1) is 15.1. The summed E-state index contributed by atoms with van der Waals surface area (Å²) in [4.78, 5) is 19.0.